The standard InChI is InChI=1S/C11H15ClN2O2S/c12-9-3-5-10(6-4-9)14-17(15,16)8-11-2-1-7-13-11/h3-6,11,13-14H,1-2,7-8H2. The Balaban J connectivity index is 1.98. The van der Waals surface area contributed by atoms with Gasteiger partial charge in [-0.15, -0.1) is 0 Å². The molecule has 94 valence electrons. The highest BCUT2D eigenvalue weighted by atomic mass is 35.5. The van der Waals surface area contributed by atoms with E-state index in [0.29, 0.717) is 10.7 Å². The van der Waals surface area contributed by atoms with Gasteiger partial charge in [0.25, 0.3) is 0 Å². The topological polar surface area (TPSA) is 58.2 Å². The van der Waals surface area contributed by atoms with Crippen LogP contribution in [-0.2, 0) is 10.0 Å². The molecule has 1 aliphatic rings. The molecule has 2 rings (SSSR count). The monoisotopic (exact) mass is 274 g/mol. The highest BCUT2D eigenvalue weighted by Gasteiger charge is 2.21. The van der Waals surface area contributed by atoms with Crippen LogP contribution in [0, 0.1) is 0 Å². The SMILES string of the molecule is O=S(=O)(CC1CCCN1)Nc1ccc(Cl)cc1. The number of nitrogens with one attached hydrogen (secondary N) is 2. The summed E-state index contributed by atoms with van der Waals surface area (Å²) in [6.45, 7) is 0.904. The molecule has 0 radical (unpaired) electrons. The van der Waals surface area contributed by atoms with Crippen molar-refractivity contribution in [2.75, 3.05) is 17.0 Å². The Morgan fingerprint density at radius 2 is 2.06 bits per heavy atom. The van der Waals surface area contributed by atoms with Crippen molar-refractivity contribution in [3.05, 3.63) is 29.3 Å². The van der Waals surface area contributed by atoms with Crippen molar-refractivity contribution in [2.45, 2.75) is 18.9 Å². The van der Waals surface area contributed by atoms with Gasteiger partial charge in [-0.05, 0) is 43.7 Å². The summed E-state index contributed by atoms with van der Waals surface area (Å²) in [6.07, 6.45) is 1.96. The zero-order valence-electron chi connectivity index (χ0n) is 9.32. The van der Waals surface area contributed by atoms with Gasteiger partial charge in [-0.25, -0.2) is 8.42 Å². The molecule has 1 saturated heterocycles. The average molecular weight is 275 g/mol. The number of anilines is 1. The van der Waals surface area contributed by atoms with Crippen LogP contribution in [0.3, 0.4) is 0 Å². The first-order valence-corrected chi connectivity index (χ1v) is 7.58. The van der Waals surface area contributed by atoms with E-state index >= 15 is 0 Å². The van der Waals surface area contributed by atoms with Crippen LogP contribution in [0.4, 0.5) is 5.69 Å². The summed E-state index contributed by atoms with van der Waals surface area (Å²) < 4.78 is 26.3. The van der Waals surface area contributed by atoms with Crippen LogP contribution in [0.2, 0.25) is 5.02 Å². The largest absolute Gasteiger partial charge is 0.313 e. The lowest BCUT2D eigenvalue weighted by Crippen LogP contribution is -2.32. The van der Waals surface area contributed by atoms with E-state index in [1.165, 1.54) is 0 Å². The summed E-state index contributed by atoms with van der Waals surface area (Å²) in [5.41, 5.74) is 0.549. The summed E-state index contributed by atoms with van der Waals surface area (Å²) in [5, 5.41) is 3.76. The summed E-state index contributed by atoms with van der Waals surface area (Å²) in [4.78, 5) is 0. The Morgan fingerprint density at radius 3 is 2.65 bits per heavy atom. The average Bonchev–Trinajstić information content (AvgIpc) is 2.73. The first-order valence-electron chi connectivity index (χ1n) is 5.55. The number of sulfonamides is 1. The van der Waals surface area contributed by atoms with Crippen LogP contribution in [0.5, 0.6) is 0 Å². The van der Waals surface area contributed by atoms with Gasteiger partial charge in [0.05, 0.1) is 5.75 Å². The predicted octanol–water partition coefficient (Wildman–Crippen LogP) is 1.83. The molecule has 4 nitrogen and oxygen atoms in total. The molecule has 1 unspecified atom stereocenters. The van der Waals surface area contributed by atoms with Crippen molar-refractivity contribution in [3.8, 4) is 0 Å². The molecule has 0 spiro atoms. The van der Waals surface area contributed by atoms with Gasteiger partial charge in [-0.3, -0.25) is 4.72 Å². The lowest BCUT2D eigenvalue weighted by atomic mass is 10.3. The molecule has 0 amide bonds. The summed E-state index contributed by atoms with van der Waals surface area (Å²) in [7, 11) is -3.29. The van der Waals surface area contributed by atoms with Crippen molar-refractivity contribution >= 4 is 27.3 Å². The van der Waals surface area contributed by atoms with Crippen molar-refractivity contribution < 1.29 is 8.42 Å². The molecule has 1 aromatic rings. The fourth-order valence-electron chi connectivity index (χ4n) is 1.90. The minimum absolute atomic E-state index is 0.0693. The maximum atomic E-state index is 11.9. The molecule has 1 heterocycles. The smallest absolute Gasteiger partial charge is 0.234 e. The quantitative estimate of drug-likeness (QED) is 0.881. The van der Waals surface area contributed by atoms with E-state index in [0.717, 1.165) is 19.4 Å². The van der Waals surface area contributed by atoms with E-state index in [2.05, 4.69) is 10.0 Å². The molecule has 6 heteroatoms. The Labute approximate surface area is 106 Å². The van der Waals surface area contributed by atoms with Gasteiger partial charge in [0, 0.05) is 16.8 Å². The predicted molar refractivity (Wildman–Crippen MR) is 69.9 cm³/mol. The minimum Gasteiger partial charge on any atom is -0.313 e. The van der Waals surface area contributed by atoms with Gasteiger partial charge in [-0.1, -0.05) is 11.6 Å². The third-order valence-corrected chi connectivity index (χ3v) is 4.34. The van der Waals surface area contributed by atoms with Gasteiger partial charge >= 0.3 is 0 Å². The van der Waals surface area contributed by atoms with Crippen LogP contribution < -0.4 is 10.0 Å². The lowest BCUT2D eigenvalue weighted by Gasteiger charge is -2.12. The molecule has 1 fully saturated rings. The van der Waals surface area contributed by atoms with Crippen molar-refractivity contribution in [2.24, 2.45) is 0 Å². The van der Waals surface area contributed by atoms with Crippen LogP contribution in [-0.4, -0.2) is 26.8 Å². The first kappa shape index (κ1) is 12.7. The molecular weight excluding hydrogens is 260 g/mol. The van der Waals surface area contributed by atoms with E-state index in [1.807, 2.05) is 0 Å². The molecule has 0 aromatic heterocycles. The fourth-order valence-corrected chi connectivity index (χ4v) is 3.42. The first-order chi connectivity index (χ1) is 8.05. The Hall–Kier alpha value is -0.780. The third-order valence-electron chi connectivity index (χ3n) is 2.70. The summed E-state index contributed by atoms with van der Waals surface area (Å²) >= 11 is 5.73. The van der Waals surface area contributed by atoms with Gasteiger partial charge < -0.3 is 5.32 Å². The summed E-state index contributed by atoms with van der Waals surface area (Å²) in [5.74, 6) is 0.121. The van der Waals surface area contributed by atoms with Crippen molar-refractivity contribution in [3.63, 3.8) is 0 Å². The number of hydrogen-bond donors (Lipinski definition) is 2. The fraction of sp³-hybridized carbons (Fsp3) is 0.455. The maximum Gasteiger partial charge on any atom is 0.234 e. The second-order valence-electron chi connectivity index (χ2n) is 4.18. The van der Waals surface area contributed by atoms with Gasteiger partial charge in [-0.2, -0.15) is 0 Å². The van der Waals surface area contributed by atoms with E-state index < -0.39 is 10.0 Å². The molecule has 1 aliphatic heterocycles. The molecule has 0 aliphatic carbocycles. The van der Waals surface area contributed by atoms with Gasteiger partial charge in [0.15, 0.2) is 0 Å². The zero-order chi connectivity index (χ0) is 12.3. The van der Waals surface area contributed by atoms with E-state index in [1.54, 1.807) is 24.3 Å². The molecule has 0 saturated carbocycles. The van der Waals surface area contributed by atoms with Gasteiger partial charge in [0.1, 0.15) is 0 Å². The van der Waals surface area contributed by atoms with E-state index in [9.17, 15) is 8.42 Å². The Kier molecular flexibility index (Phi) is 3.91. The molecule has 1 aromatic carbocycles. The van der Waals surface area contributed by atoms with Crippen LogP contribution in [0.25, 0.3) is 0 Å². The van der Waals surface area contributed by atoms with E-state index in [4.69, 9.17) is 11.6 Å². The molecule has 17 heavy (non-hydrogen) atoms. The second kappa shape index (κ2) is 5.25. The molecule has 2 N–H and O–H groups in total. The second-order valence-corrected chi connectivity index (χ2v) is 6.39. The normalized spacial score (nSPS) is 20.4. The Bertz CT molecular complexity index is 467. The third kappa shape index (κ3) is 3.87. The molecule has 0 bridgehead atoms. The van der Waals surface area contributed by atoms with Crippen LogP contribution >= 0.6 is 11.6 Å². The maximum absolute atomic E-state index is 11.9. The number of hydrogen-bond acceptors (Lipinski definition) is 3. The van der Waals surface area contributed by atoms with Gasteiger partial charge in [0.2, 0.25) is 10.0 Å². The highest BCUT2D eigenvalue weighted by Crippen LogP contribution is 2.16. The highest BCUT2D eigenvalue weighted by molar-refractivity contribution is 7.92. The summed E-state index contributed by atoms with van der Waals surface area (Å²) in [6, 6.07) is 6.70. The minimum atomic E-state index is -3.29. The van der Waals surface area contributed by atoms with Crippen molar-refractivity contribution in [1.82, 2.24) is 5.32 Å². The number of halogens is 1. The Morgan fingerprint density at radius 1 is 1.35 bits per heavy atom. The number of benzene rings is 1. The van der Waals surface area contributed by atoms with Crippen molar-refractivity contribution in [1.29, 1.82) is 0 Å². The molecule has 1 atom stereocenters. The molecular formula is C11H15ClN2O2S. The van der Waals surface area contributed by atoms with Crippen LogP contribution in [0.15, 0.2) is 24.3 Å². The lowest BCUT2D eigenvalue weighted by molar-refractivity contribution is 0.582. The van der Waals surface area contributed by atoms with E-state index in [-0.39, 0.29) is 11.8 Å². The number of rotatable bonds is 4. The van der Waals surface area contributed by atoms with Crippen LogP contribution in [0.1, 0.15) is 12.8 Å². The zero-order valence-corrected chi connectivity index (χ0v) is 10.9.